The van der Waals surface area contributed by atoms with E-state index in [1.54, 1.807) is 0 Å². The van der Waals surface area contributed by atoms with Crippen molar-refractivity contribution in [3.05, 3.63) is 22.9 Å². The molecule has 1 saturated heterocycles. The standard InChI is InChI=1S/C20H33N3O3/c1-15-14-17(23-9-12-26-13-10-23)22-16(6-11-24)18(15)19(25)21-8-5-7-20(2,3)4/h14,24H,5-13H2,1-4H3,(H,21,25). The maximum atomic E-state index is 12.7. The van der Waals surface area contributed by atoms with Crippen molar-refractivity contribution in [3.63, 3.8) is 0 Å². The second-order valence-corrected chi connectivity index (χ2v) is 8.11. The minimum atomic E-state index is -0.0964. The van der Waals surface area contributed by atoms with Gasteiger partial charge in [0.1, 0.15) is 5.82 Å². The Bertz CT molecular complexity index is 605. The lowest BCUT2D eigenvalue weighted by molar-refractivity contribution is 0.0949. The van der Waals surface area contributed by atoms with E-state index in [0.717, 1.165) is 37.3 Å². The first-order chi connectivity index (χ1) is 12.3. The normalized spacial score (nSPS) is 15.2. The van der Waals surface area contributed by atoms with E-state index in [0.29, 0.717) is 37.4 Å². The van der Waals surface area contributed by atoms with Crippen molar-refractivity contribution in [3.8, 4) is 0 Å². The van der Waals surface area contributed by atoms with Crippen molar-refractivity contribution in [1.82, 2.24) is 10.3 Å². The predicted octanol–water partition coefficient (Wildman–Crippen LogP) is 2.32. The molecule has 1 aromatic rings. The second-order valence-electron chi connectivity index (χ2n) is 8.11. The van der Waals surface area contributed by atoms with Crippen molar-refractivity contribution >= 4 is 11.7 Å². The SMILES string of the molecule is Cc1cc(N2CCOCC2)nc(CCO)c1C(=O)NCCCC(C)(C)C. The molecule has 6 heteroatoms. The number of aliphatic hydroxyl groups is 1. The Hall–Kier alpha value is -1.66. The summed E-state index contributed by atoms with van der Waals surface area (Å²) in [5, 5.41) is 12.4. The number of morpholine rings is 1. The van der Waals surface area contributed by atoms with Crippen LogP contribution >= 0.6 is 0 Å². The van der Waals surface area contributed by atoms with Gasteiger partial charge in [-0.2, -0.15) is 0 Å². The average Bonchev–Trinajstić information content (AvgIpc) is 2.58. The molecule has 146 valence electrons. The van der Waals surface area contributed by atoms with Crippen LogP contribution in [0.5, 0.6) is 0 Å². The van der Waals surface area contributed by atoms with Gasteiger partial charge in [0.25, 0.3) is 5.91 Å². The lowest BCUT2D eigenvalue weighted by Crippen LogP contribution is -2.37. The van der Waals surface area contributed by atoms with Crippen LogP contribution in [0.2, 0.25) is 0 Å². The lowest BCUT2D eigenvalue weighted by Gasteiger charge is -2.29. The third-order valence-electron chi connectivity index (χ3n) is 4.58. The number of ether oxygens (including phenoxy) is 1. The second kappa shape index (κ2) is 9.33. The number of carbonyl (C=O) groups excluding carboxylic acids is 1. The first-order valence-electron chi connectivity index (χ1n) is 9.54. The van der Waals surface area contributed by atoms with E-state index in [4.69, 9.17) is 4.74 Å². The smallest absolute Gasteiger partial charge is 0.253 e. The molecule has 1 fully saturated rings. The molecular formula is C20H33N3O3. The quantitative estimate of drug-likeness (QED) is 0.727. The number of rotatable bonds is 7. The fraction of sp³-hybridized carbons (Fsp3) is 0.700. The summed E-state index contributed by atoms with van der Waals surface area (Å²) in [7, 11) is 0. The average molecular weight is 364 g/mol. The van der Waals surface area contributed by atoms with E-state index in [1.165, 1.54) is 0 Å². The zero-order valence-electron chi connectivity index (χ0n) is 16.6. The largest absolute Gasteiger partial charge is 0.396 e. The van der Waals surface area contributed by atoms with E-state index in [2.05, 4.69) is 36.0 Å². The van der Waals surface area contributed by atoms with E-state index in [-0.39, 0.29) is 17.9 Å². The highest BCUT2D eigenvalue weighted by Crippen LogP contribution is 2.22. The Balaban J connectivity index is 2.11. The summed E-state index contributed by atoms with van der Waals surface area (Å²) in [6.07, 6.45) is 2.39. The van der Waals surface area contributed by atoms with Crippen molar-refractivity contribution in [1.29, 1.82) is 0 Å². The molecule has 0 aromatic carbocycles. The molecule has 0 saturated carbocycles. The Morgan fingerprint density at radius 2 is 2.04 bits per heavy atom. The van der Waals surface area contributed by atoms with Gasteiger partial charge < -0.3 is 20.1 Å². The Morgan fingerprint density at radius 3 is 2.65 bits per heavy atom. The molecule has 2 rings (SSSR count). The summed E-state index contributed by atoms with van der Waals surface area (Å²) in [4.78, 5) is 19.6. The number of hydrogen-bond donors (Lipinski definition) is 2. The van der Waals surface area contributed by atoms with Crippen LogP contribution in [0.3, 0.4) is 0 Å². The van der Waals surface area contributed by atoms with E-state index in [1.807, 2.05) is 13.0 Å². The third-order valence-corrected chi connectivity index (χ3v) is 4.58. The summed E-state index contributed by atoms with van der Waals surface area (Å²) < 4.78 is 5.40. The van der Waals surface area contributed by atoms with Gasteiger partial charge in [-0.3, -0.25) is 4.79 Å². The van der Waals surface area contributed by atoms with Crippen LogP contribution in [0.4, 0.5) is 5.82 Å². The highest BCUT2D eigenvalue weighted by atomic mass is 16.5. The van der Waals surface area contributed by atoms with Gasteiger partial charge in [0.15, 0.2) is 0 Å². The number of nitrogens with one attached hydrogen (secondary N) is 1. The summed E-state index contributed by atoms with van der Waals surface area (Å²) in [6, 6.07) is 1.97. The van der Waals surface area contributed by atoms with Gasteiger partial charge in [0.05, 0.1) is 24.5 Å². The van der Waals surface area contributed by atoms with Crippen LogP contribution in [-0.4, -0.2) is 55.5 Å². The molecular weight excluding hydrogens is 330 g/mol. The Labute approximate surface area is 156 Å². The molecule has 1 aliphatic heterocycles. The van der Waals surface area contributed by atoms with E-state index >= 15 is 0 Å². The number of aliphatic hydroxyl groups excluding tert-OH is 1. The van der Waals surface area contributed by atoms with Crippen molar-refractivity contribution in [2.45, 2.75) is 47.0 Å². The molecule has 0 bridgehead atoms. The number of pyridine rings is 1. The van der Waals surface area contributed by atoms with Crippen molar-refractivity contribution in [2.24, 2.45) is 5.41 Å². The van der Waals surface area contributed by atoms with Crippen LogP contribution in [-0.2, 0) is 11.2 Å². The minimum absolute atomic E-state index is 0.0245. The van der Waals surface area contributed by atoms with Crippen molar-refractivity contribution < 1.29 is 14.6 Å². The number of anilines is 1. The summed E-state index contributed by atoms with van der Waals surface area (Å²) >= 11 is 0. The zero-order chi connectivity index (χ0) is 19.2. The third kappa shape index (κ3) is 5.95. The number of nitrogens with zero attached hydrogens (tertiary/aromatic N) is 2. The first kappa shape index (κ1) is 20.6. The molecule has 0 spiro atoms. The maximum absolute atomic E-state index is 12.7. The molecule has 2 N–H and O–H groups in total. The Morgan fingerprint density at radius 1 is 1.35 bits per heavy atom. The van der Waals surface area contributed by atoms with Crippen molar-refractivity contribution in [2.75, 3.05) is 44.4 Å². The molecule has 0 unspecified atom stereocenters. The first-order valence-corrected chi connectivity index (χ1v) is 9.54. The molecule has 1 aromatic heterocycles. The van der Waals surface area contributed by atoms with Gasteiger partial charge in [-0.05, 0) is 36.8 Å². The highest BCUT2D eigenvalue weighted by Gasteiger charge is 2.20. The zero-order valence-corrected chi connectivity index (χ0v) is 16.6. The van der Waals surface area contributed by atoms with Crippen LogP contribution in [0.25, 0.3) is 0 Å². The molecule has 1 aliphatic rings. The highest BCUT2D eigenvalue weighted by molar-refractivity contribution is 5.97. The lowest BCUT2D eigenvalue weighted by atomic mass is 9.90. The molecule has 26 heavy (non-hydrogen) atoms. The van der Waals surface area contributed by atoms with Gasteiger partial charge in [-0.15, -0.1) is 0 Å². The van der Waals surface area contributed by atoms with E-state index in [9.17, 15) is 9.90 Å². The fourth-order valence-electron chi connectivity index (χ4n) is 3.18. The maximum Gasteiger partial charge on any atom is 0.253 e. The molecule has 0 aliphatic carbocycles. The number of hydrogen-bond acceptors (Lipinski definition) is 5. The molecule has 0 radical (unpaired) electrons. The van der Waals surface area contributed by atoms with Crippen LogP contribution < -0.4 is 10.2 Å². The van der Waals surface area contributed by atoms with Crippen LogP contribution in [0.15, 0.2) is 6.07 Å². The molecule has 1 amide bonds. The predicted molar refractivity (Wildman–Crippen MR) is 104 cm³/mol. The summed E-state index contributed by atoms with van der Waals surface area (Å²) in [6.45, 7) is 12.1. The van der Waals surface area contributed by atoms with Gasteiger partial charge in [0, 0.05) is 32.7 Å². The number of aromatic nitrogens is 1. The number of carbonyl (C=O) groups is 1. The number of aryl methyl sites for hydroxylation is 1. The summed E-state index contributed by atoms with van der Waals surface area (Å²) in [5.74, 6) is 0.763. The molecule has 0 atom stereocenters. The molecule has 2 heterocycles. The van der Waals surface area contributed by atoms with Gasteiger partial charge in [-0.1, -0.05) is 20.8 Å². The monoisotopic (exact) mass is 363 g/mol. The van der Waals surface area contributed by atoms with Gasteiger partial charge >= 0.3 is 0 Å². The van der Waals surface area contributed by atoms with Gasteiger partial charge in [0.2, 0.25) is 0 Å². The Kier molecular flexibility index (Phi) is 7.41. The van der Waals surface area contributed by atoms with E-state index < -0.39 is 0 Å². The molecule has 6 nitrogen and oxygen atoms in total. The minimum Gasteiger partial charge on any atom is -0.396 e. The number of amides is 1. The van der Waals surface area contributed by atoms with Gasteiger partial charge in [-0.25, -0.2) is 4.98 Å². The van der Waals surface area contributed by atoms with Crippen LogP contribution in [0, 0.1) is 12.3 Å². The van der Waals surface area contributed by atoms with Crippen LogP contribution in [0.1, 0.15) is 55.2 Å². The fourth-order valence-corrected chi connectivity index (χ4v) is 3.18. The summed E-state index contributed by atoms with van der Waals surface area (Å²) in [5.41, 5.74) is 2.44. The topological polar surface area (TPSA) is 74.7 Å².